The molecule has 0 radical (unpaired) electrons. The minimum Gasteiger partial charge on any atom is -0.382 e. The third-order valence-electron chi connectivity index (χ3n) is 1.99. The maximum absolute atomic E-state index is 5.84. The fourth-order valence-electron chi connectivity index (χ4n) is 1.21. The van der Waals surface area contributed by atoms with E-state index in [2.05, 4.69) is 29.4 Å². The fraction of sp³-hybridized carbons (Fsp3) is 0.600. The molecule has 0 amide bonds. The van der Waals surface area contributed by atoms with Crippen molar-refractivity contribution in [2.24, 2.45) is 5.92 Å². The molecule has 1 aromatic rings. The first kappa shape index (κ1) is 12.5. The lowest BCUT2D eigenvalue weighted by Gasteiger charge is -2.08. The first-order valence-electron chi connectivity index (χ1n) is 5.02. The molecule has 5 heteroatoms. The van der Waals surface area contributed by atoms with Crippen molar-refractivity contribution in [3.63, 3.8) is 0 Å². The molecule has 1 N–H and O–H groups in total. The molecule has 1 rings (SSSR count). The van der Waals surface area contributed by atoms with Gasteiger partial charge in [-0.15, -0.1) is 10.2 Å². The van der Waals surface area contributed by atoms with Gasteiger partial charge in [-0.05, 0) is 18.8 Å². The summed E-state index contributed by atoms with van der Waals surface area (Å²) in [5.41, 5.74) is 0.750. The zero-order valence-electron chi connectivity index (χ0n) is 8.93. The highest BCUT2D eigenvalue weighted by molar-refractivity contribution is 6.33. The van der Waals surface area contributed by atoms with Gasteiger partial charge in [0.1, 0.15) is 0 Å². The van der Waals surface area contributed by atoms with Crippen LogP contribution in [0.5, 0.6) is 0 Å². The van der Waals surface area contributed by atoms with Crippen LogP contribution in [0.3, 0.4) is 0 Å². The lowest BCUT2D eigenvalue weighted by molar-refractivity contribution is 0.567. The summed E-state index contributed by atoms with van der Waals surface area (Å²) in [5.74, 6) is 0.724. The molecular weight excluding hydrogens is 233 g/mol. The maximum atomic E-state index is 5.84. The average molecular weight is 248 g/mol. The molecule has 0 unspecified atom stereocenters. The Bertz CT molecular complexity index is 316. The summed E-state index contributed by atoms with van der Waals surface area (Å²) < 4.78 is 0. The van der Waals surface area contributed by atoms with Gasteiger partial charge in [0.05, 0.1) is 5.69 Å². The number of halogens is 2. The predicted octanol–water partition coefficient (Wildman–Crippen LogP) is 3.63. The van der Waals surface area contributed by atoms with Gasteiger partial charge in [0, 0.05) is 12.6 Å². The van der Waals surface area contributed by atoms with Gasteiger partial charge in [0.25, 0.3) is 0 Å². The van der Waals surface area contributed by atoms with Gasteiger partial charge in [-0.3, -0.25) is 0 Å². The second kappa shape index (κ2) is 6.13. The van der Waals surface area contributed by atoms with Crippen LogP contribution in [0.25, 0.3) is 0 Å². The van der Waals surface area contributed by atoms with Crippen LogP contribution < -0.4 is 5.32 Å². The number of hydrogen-bond donors (Lipinski definition) is 1. The minimum absolute atomic E-state index is 0.353. The Morgan fingerprint density at radius 1 is 1.33 bits per heavy atom. The van der Waals surface area contributed by atoms with E-state index in [4.69, 9.17) is 23.2 Å². The fourth-order valence-corrected chi connectivity index (χ4v) is 1.52. The minimum atomic E-state index is 0.353. The summed E-state index contributed by atoms with van der Waals surface area (Å²) in [7, 11) is 0. The number of anilines is 1. The molecule has 0 aliphatic rings. The molecule has 0 saturated carbocycles. The van der Waals surface area contributed by atoms with E-state index in [1.807, 2.05) is 0 Å². The van der Waals surface area contributed by atoms with Crippen LogP contribution in [0.1, 0.15) is 26.7 Å². The standard InChI is InChI=1S/C10H15Cl2N3/c1-7(2)4-3-5-13-8-6-9(11)14-15-10(8)12/h6-7H,3-5H2,1-2H3,(H,13,14). The predicted molar refractivity (Wildman–Crippen MR) is 64.6 cm³/mol. The Kier molecular flexibility index (Phi) is 5.12. The largest absolute Gasteiger partial charge is 0.382 e. The van der Waals surface area contributed by atoms with Gasteiger partial charge >= 0.3 is 0 Å². The molecule has 0 bridgehead atoms. The van der Waals surface area contributed by atoms with Crippen LogP contribution in [-0.4, -0.2) is 16.7 Å². The van der Waals surface area contributed by atoms with Gasteiger partial charge in [0.15, 0.2) is 10.3 Å². The number of nitrogens with one attached hydrogen (secondary N) is 1. The van der Waals surface area contributed by atoms with Gasteiger partial charge in [-0.25, -0.2) is 0 Å². The molecule has 3 nitrogen and oxygen atoms in total. The van der Waals surface area contributed by atoms with Crippen LogP contribution in [0.4, 0.5) is 5.69 Å². The molecule has 0 aliphatic carbocycles. The number of hydrogen-bond acceptors (Lipinski definition) is 3. The second-order valence-corrected chi connectivity index (χ2v) is 4.58. The Morgan fingerprint density at radius 2 is 2.07 bits per heavy atom. The van der Waals surface area contributed by atoms with Gasteiger partial charge in [-0.2, -0.15) is 0 Å². The highest BCUT2D eigenvalue weighted by atomic mass is 35.5. The molecule has 0 aliphatic heterocycles. The average Bonchev–Trinajstić information content (AvgIpc) is 2.17. The Morgan fingerprint density at radius 3 is 2.73 bits per heavy atom. The Balaban J connectivity index is 2.40. The molecule has 84 valence electrons. The third-order valence-corrected chi connectivity index (χ3v) is 2.46. The van der Waals surface area contributed by atoms with Gasteiger partial charge in [-0.1, -0.05) is 37.0 Å². The van der Waals surface area contributed by atoms with Crippen molar-refractivity contribution in [1.82, 2.24) is 10.2 Å². The topological polar surface area (TPSA) is 37.8 Å². The lowest BCUT2D eigenvalue weighted by Crippen LogP contribution is -2.04. The molecular formula is C10H15Cl2N3. The summed E-state index contributed by atoms with van der Waals surface area (Å²) in [6.07, 6.45) is 2.30. The van der Waals surface area contributed by atoms with Crippen molar-refractivity contribution >= 4 is 28.9 Å². The van der Waals surface area contributed by atoms with Crippen molar-refractivity contribution in [1.29, 1.82) is 0 Å². The van der Waals surface area contributed by atoms with Crippen molar-refractivity contribution in [2.45, 2.75) is 26.7 Å². The molecule has 0 aromatic carbocycles. The second-order valence-electron chi connectivity index (χ2n) is 3.83. The molecule has 0 atom stereocenters. The quantitative estimate of drug-likeness (QED) is 0.808. The number of nitrogens with zero attached hydrogens (tertiary/aromatic N) is 2. The monoisotopic (exact) mass is 247 g/mol. The van der Waals surface area contributed by atoms with E-state index in [0.717, 1.165) is 24.6 Å². The SMILES string of the molecule is CC(C)CCCNc1cc(Cl)nnc1Cl. The molecule has 1 heterocycles. The molecule has 0 saturated heterocycles. The highest BCUT2D eigenvalue weighted by Crippen LogP contribution is 2.20. The van der Waals surface area contributed by atoms with E-state index < -0.39 is 0 Å². The number of rotatable bonds is 5. The molecule has 1 aromatic heterocycles. The summed E-state index contributed by atoms with van der Waals surface area (Å²) >= 11 is 11.6. The van der Waals surface area contributed by atoms with Crippen molar-refractivity contribution in [3.8, 4) is 0 Å². The smallest absolute Gasteiger partial charge is 0.174 e. The normalized spacial score (nSPS) is 10.7. The molecule has 15 heavy (non-hydrogen) atoms. The van der Waals surface area contributed by atoms with Crippen LogP contribution in [0, 0.1) is 5.92 Å². The lowest BCUT2D eigenvalue weighted by atomic mass is 10.1. The van der Waals surface area contributed by atoms with Crippen molar-refractivity contribution < 1.29 is 0 Å². The molecule has 0 fully saturated rings. The Labute approximate surface area is 100 Å². The van der Waals surface area contributed by atoms with Gasteiger partial charge < -0.3 is 5.32 Å². The maximum Gasteiger partial charge on any atom is 0.174 e. The summed E-state index contributed by atoms with van der Waals surface area (Å²) in [5, 5.41) is 11.3. The van der Waals surface area contributed by atoms with Crippen LogP contribution >= 0.6 is 23.2 Å². The van der Waals surface area contributed by atoms with Gasteiger partial charge in [0.2, 0.25) is 0 Å². The zero-order chi connectivity index (χ0) is 11.3. The van der Waals surface area contributed by atoms with Crippen LogP contribution in [0.2, 0.25) is 10.3 Å². The van der Waals surface area contributed by atoms with E-state index in [-0.39, 0.29) is 0 Å². The van der Waals surface area contributed by atoms with E-state index in [9.17, 15) is 0 Å². The highest BCUT2D eigenvalue weighted by Gasteiger charge is 2.03. The molecule has 0 spiro atoms. The van der Waals surface area contributed by atoms with Crippen LogP contribution in [0.15, 0.2) is 6.07 Å². The van der Waals surface area contributed by atoms with E-state index in [1.54, 1.807) is 6.07 Å². The van der Waals surface area contributed by atoms with E-state index in [1.165, 1.54) is 6.42 Å². The Hall–Kier alpha value is -0.540. The van der Waals surface area contributed by atoms with Crippen molar-refractivity contribution in [2.75, 3.05) is 11.9 Å². The zero-order valence-corrected chi connectivity index (χ0v) is 10.4. The summed E-state index contributed by atoms with van der Waals surface area (Å²) in [4.78, 5) is 0. The third kappa shape index (κ3) is 4.67. The summed E-state index contributed by atoms with van der Waals surface area (Å²) in [6.45, 7) is 5.29. The van der Waals surface area contributed by atoms with Crippen molar-refractivity contribution in [3.05, 3.63) is 16.4 Å². The van der Waals surface area contributed by atoms with E-state index >= 15 is 0 Å². The van der Waals surface area contributed by atoms with Crippen LogP contribution in [-0.2, 0) is 0 Å². The van der Waals surface area contributed by atoms with E-state index in [0.29, 0.717) is 10.3 Å². The first-order valence-corrected chi connectivity index (χ1v) is 5.77. The summed E-state index contributed by atoms with van der Waals surface area (Å²) in [6, 6.07) is 1.69. The first-order chi connectivity index (χ1) is 7.09. The number of aromatic nitrogens is 2.